The lowest BCUT2D eigenvalue weighted by Gasteiger charge is -2.23. The van der Waals surface area contributed by atoms with Gasteiger partial charge >= 0.3 is 0 Å². The number of benzene rings is 2. The highest BCUT2D eigenvalue weighted by Gasteiger charge is 2.25. The van der Waals surface area contributed by atoms with Gasteiger partial charge in [-0.2, -0.15) is 10.1 Å². The predicted octanol–water partition coefficient (Wildman–Crippen LogP) is 6.07. The molecule has 0 amide bonds. The summed E-state index contributed by atoms with van der Waals surface area (Å²) >= 11 is 0. The molecule has 0 radical (unpaired) electrons. The monoisotopic (exact) mass is 541 g/mol. The maximum absolute atomic E-state index is 14.2. The fourth-order valence-corrected chi connectivity index (χ4v) is 4.98. The molecule has 1 unspecified atom stereocenters. The van der Waals surface area contributed by atoms with E-state index < -0.39 is 29.1 Å². The summed E-state index contributed by atoms with van der Waals surface area (Å²) in [7, 11) is 0. The van der Waals surface area contributed by atoms with Crippen molar-refractivity contribution in [2.75, 3.05) is 0 Å². The van der Waals surface area contributed by atoms with Crippen LogP contribution >= 0.6 is 0 Å². The van der Waals surface area contributed by atoms with E-state index in [1.807, 2.05) is 51.1 Å². The first-order chi connectivity index (χ1) is 19.3. The molecule has 40 heavy (non-hydrogen) atoms. The van der Waals surface area contributed by atoms with Crippen LogP contribution < -0.4 is 5.56 Å². The van der Waals surface area contributed by atoms with Crippen LogP contribution in [0.2, 0.25) is 0 Å². The lowest BCUT2D eigenvalue weighted by Crippen LogP contribution is -2.31. The Morgan fingerprint density at radius 3 is 2.35 bits per heavy atom. The zero-order valence-corrected chi connectivity index (χ0v) is 22.5. The van der Waals surface area contributed by atoms with Crippen LogP contribution in [0.1, 0.15) is 48.6 Å². The molecular formula is C31H29F2N5O2. The van der Waals surface area contributed by atoms with Crippen LogP contribution in [0.4, 0.5) is 8.78 Å². The van der Waals surface area contributed by atoms with Crippen LogP contribution in [0.15, 0.2) is 78.0 Å². The standard InChI is InChI=1S/C31H29F2N5O2/c1-4-28(22-15-23(32)17-24(33)16-22)38-29(27-11-13-37(5-2)36-27)35-30(39)26(31(38)40)14-20-6-8-21(9-7-20)25-10-12-34-18-19(25)3/h6-13,15-18,28,39H,4-5,14H2,1-3H3. The van der Waals surface area contributed by atoms with Crippen molar-refractivity contribution in [3.8, 4) is 28.5 Å². The summed E-state index contributed by atoms with van der Waals surface area (Å²) in [6, 6.07) is 13.8. The van der Waals surface area contributed by atoms with Crippen molar-refractivity contribution in [3.05, 3.63) is 117 Å². The molecule has 1 atom stereocenters. The Kier molecular flexibility index (Phi) is 7.55. The molecule has 1 N–H and O–H groups in total. The van der Waals surface area contributed by atoms with Crippen molar-refractivity contribution in [1.29, 1.82) is 0 Å². The highest BCUT2D eigenvalue weighted by Crippen LogP contribution is 2.30. The molecule has 9 heteroatoms. The average Bonchev–Trinajstić information content (AvgIpc) is 3.42. The largest absolute Gasteiger partial charge is 0.493 e. The Morgan fingerprint density at radius 2 is 1.73 bits per heavy atom. The third kappa shape index (κ3) is 5.27. The predicted molar refractivity (Wildman–Crippen MR) is 149 cm³/mol. The number of aromatic nitrogens is 5. The normalized spacial score (nSPS) is 12.0. The molecule has 5 rings (SSSR count). The smallest absolute Gasteiger partial charge is 0.261 e. The minimum absolute atomic E-state index is 0.0850. The Hall–Kier alpha value is -4.66. The molecule has 3 aromatic heterocycles. The number of aromatic hydroxyl groups is 1. The summed E-state index contributed by atoms with van der Waals surface area (Å²) in [5, 5.41) is 15.5. The first kappa shape index (κ1) is 26.9. The Bertz CT molecular complexity index is 1710. The lowest BCUT2D eigenvalue weighted by atomic mass is 9.99. The summed E-state index contributed by atoms with van der Waals surface area (Å²) in [6.07, 6.45) is 5.74. The van der Waals surface area contributed by atoms with Crippen molar-refractivity contribution in [2.45, 2.75) is 46.2 Å². The second kappa shape index (κ2) is 11.2. The molecule has 5 aromatic rings. The highest BCUT2D eigenvalue weighted by molar-refractivity contribution is 5.66. The van der Waals surface area contributed by atoms with Gasteiger partial charge in [0.15, 0.2) is 5.82 Å². The quantitative estimate of drug-likeness (QED) is 0.258. The number of aryl methyl sites for hydroxylation is 2. The van der Waals surface area contributed by atoms with E-state index in [1.54, 1.807) is 29.3 Å². The SMILES string of the molecule is CCC(c1cc(F)cc(F)c1)n1c(-c2ccn(CC)n2)nc(O)c(Cc2ccc(-c3ccncc3C)cc2)c1=O. The third-order valence-corrected chi connectivity index (χ3v) is 7.01. The fraction of sp³-hybridized carbons (Fsp3) is 0.226. The van der Waals surface area contributed by atoms with Gasteiger partial charge in [-0.3, -0.25) is 19.0 Å². The van der Waals surface area contributed by atoms with Gasteiger partial charge in [-0.25, -0.2) is 8.78 Å². The zero-order chi connectivity index (χ0) is 28.4. The van der Waals surface area contributed by atoms with Gasteiger partial charge < -0.3 is 5.11 Å². The molecule has 0 aliphatic rings. The van der Waals surface area contributed by atoms with Crippen molar-refractivity contribution in [3.63, 3.8) is 0 Å². The van der Waals surface area contributed by atoms with Gasteiger partial charge in [0.25, 0.3) is 5.56 Å². The molecule has 0 fully saturated rings. The van der Waals surface area contributed by atoms with E-state index >= 15 is 0 Å². The van der Waals surface area contributed by atoms with Crippen molar-refractivity contribution in [1.82, 2.24) is 24.3 Å². The Labute approximate surface area is 230 Å². The van der Waals surface area contributed by atoms with Crippen LogP contribution in [-0.2, 0) is 13.0 Å². The van der Waals surface area contributed by atoms with Gasteiger partial charge in [0.2, 0.25) is 5.88 Å². The van der Waals surface area contributed by atoms with Crippen LogP contribution in [0.25, 0.3) is 22.6 Å². The van der Waals surface area contributed by atoms with E-state index in [0.717, 1.165) is 28.3 Å². The maximum atomic E-state index is 14.2. The summed E-state index contributed by atoms with van der Waals surface area (Å²) in [4.78, 5) is 22.6. The lowest BCUT2D eigenvalue weighted by molar-refractivity contribution is 0.433. The maximum Gasteiger partial charge on any atom is 0.261 e. The fourth-order valence-electron chi connectivity index (χ4n) is 4.98. The van der Waals surface area contributed by atoms with Gasteiger partial charge in [0.1, 0.15) is 17.3 Å². The topological polar surface area (TPSA) is 85.8 Å². The number of rotatable bonds is 8. The number of hydrogen-bond donors (Lipinski definition) is 1. The zero-order valence-electron chi connectivity index (χ0n) is 22.5. The van der Waals surface area contributed by atoms with E-state index in [1.165, 1.54) is 16.7 Å². The molecule has 0 saturated carbocycles. The number of hydrogen-bond acceptors (Lipinski definition) is 5. The average molecular weight is 542 g/mol. The van der Waals surface area contributed by atoms with Gasteiger partial charge in [-0.15, -0.1) is 0 Å². The Balaban J connectivity index is 1.62. The number of halogens is 2. The Morgan fingerprint density at radius 1 is 1.00 bits per heavy atom. The molecule has 0 aliphatic carbocycles. The molecule has 204 valence electrons. The number of pyridine rings is 1. The van der Waals surface area contributed by atoms with Crippen LogP contribution in [-0.4, -0.2) is 29.4 Å². The molecular weight excluding hydrogens is 512 g/mol. The molecule has 7 nitrogen and oxygen atoms in total. The van der Waals surface area contributed by atoms with E-state index in [9.17, 15) is 18.7 Å². The van der Waals surface area contributed by atoms with Crippen LogP contribution in [0.3, 0.4) is 0 Å². The van der Waals surface area contributed by atoms with E-state index in [-0.39, 0.29) is 23.4 Å². The summed E-state index contributed by atoms with van der Waals surface area (Å²) in [5.41, 5.74) is 4.13. The van der Waals surface area contributed by atoms with Gasteiger partial charge in [0.05, 0.1) is 11.6 Å². The first-order valence-electron chi connectivity index (χ1n) is 13.1. The van der Waals surface area contributed by atoms with Crippen molar-refractivity contribution in [2.24, 2.45) is 0 Å². The van der Waals surface area contributed by atoms with E-state index in [2.05, 4.69) is 15.1 Å². The van der Waals surface area contributed by atoms with Crippen LogP contribution in [0, 0.1) is 18.6 Å². The van der Waals surface area contributed by atoms with E-state index in [4.69, 9.17) is 0 Å². The van der Waals surface area contributed by atoms with Crippen molar-refractivity contribution < 1.29 is 13.9 Å². The second-order valence-electron chi connectivity index (χ2n) is 9.66. The summed E-state index contributed by atoms with van der Waals surface area (Å²) < 4.78 is 31.5. The van der Waals surface area contributed by atoms with Crippen molar-refractivity contribution >= 4 is 0 Å². The van der Waals surface area contributed by atoms with Gasteiger partial charge in [-0.1, -0.05) is 31.2 Å². The molecule has 0 bridgehead atoms. The minimum Gasteiger partial charge on any atom is -0.493 e. The van der Waals surface area contributed by atoms with Gasteiger partial charge in [-0.05, 0) is 72.4 Å². The molecule has 0 spiro atoms. The van der Waals surface area contributed by atoms with Crippen LogP contribution in [0.5, 0.6) is 5.88 Å². The first-order valence-corrected chi connectivity index (χ1v) is 13.1. The highest BCUT2D eigenvalue weighted by atomic mass is 19.1. The molecule has 0 saturated heterocycles. The summed E-state index contributed by atoms with van der Waals surface area (Å²) in [5.74, 6) is -1.76. The molecule has 3 heterocycles. The second-order valence-corrected chi connectivity index (χ2v) is 9.66. The summed E-state index contributed by atoms with van der Waals surface area (Å²) in [6.45, 7) is 6.32. The molecule has 0 aliphatic heterocycles. The van der Waals surface area contributed by atoms with E-state index in [0.29, 0.717) is 18.7 Å². The third-order valence-electron chi connectivity index (χ3n) is 7.01. The number of nitrogens with zero attached hydrogens (tertiary/aromatic N) is 5. The minimum atomic E-state index is -0.747. The van der Waals surface area contributed by atoms with Gasteiger partial charge in [0, 0.05) is 37.6 Å². The molecule has 2 aromatic carbocycles.